The number of nitrogens with zero attached hydrogens (tertiary/aromatic N) is 2. The quantitative estimate of drug-likeness (QED) is 0.753. The molecule has 0 aliphatic carbocycles. The van der Waals surface area contributed by atoms with Gasteiger partial charge in [-0.3, -0.25) is 0 Å². The van der Waals surface area contributed by atoms with Crippen molar-refractivity contribution in [2.75, 3.05) is 23.8 Å². The van der Waals surface area contributed by atoms with Gasteiger partial charge in [0.05, 0.1) is 17.9 Å². The van der Waals surface area contributed by atoms with Gasteiger partial charge in [0, 0.05) is 12.6 Å². The summed E-state index contributed by atoms with van der Waals surface area (Å²) in [6.07, 6.45) is 0. The molecule has 0 spiro atoms. The van der Waals surface area contributed by atoms with Gasteiger partial charge >= 0.3 is 5.97 Å². The molecule has 24 heavy (non-hydrogen) atoms. The highest BCUT2D eigenvalue weighted by Crippen LogP contribution is 2.22. The van der Waals surface area contributed by atoms with Gasteiger partial charge in [-0.05, 0) is 31.9 Å². The number of hydrogen-bond donors (Lipinski definition) is 2. The molecule has 6 nitrogen and oxygen atoms in total. The molecule has 0 atom stereocenters. The van der Waals surface area contributed by atoms with Crippen LogP contribution in [0.3, 0.4) is 0 Å². The third-order valence-corrected chi connectivity index (χ3v) is 3.21. The van der Waals surface area contributed by atoms with Crippen LogP contribution >= 0.6 is 0 Å². The molecular formula is C18H24N4O2. The largest absolute Gasteiger partial charge is 0.462 e. The van der Waals surface area contributed by atoms with Gasteiger partial charge in [0.2, 0.25) is 0 Å². The Morgan fingerprint density at radius 1 is 1.21 bits per heavy atom. The van der Waals surface area contributed by atoms with E-state index in [0.717, 1.165) is 12.4 Å². The Balaban J connectivity index is 2.23. The van der Waals surface area contributed by atoms with Crippen molar-refractivity contribution in [3.05, 3.63) is 41.7 Å². The number of anilines is 3. The van der Waals surface area contributed by atoms with Crippen LogP contribution in [0.2, 0.25) is 0 Å². The highest BCUT2D eigenvalue weighted by Gasteiger charge is 2.13. The lowest BCUT2D eigenvalue weighted by Crippen LogP contribution is -2.11. The Labute approximate surface area is 142 Å². The van der Waals surface area contributed by atoms with Crippen molar-refractivity contribution >= 4 is 23.3 Å². The lowest BCUT2D eigenvalue weighted by molar-refractivity contribution is 0.0527. The molecule has 0 aliphatic rings. The van der Waals surface area contributed by atoms with Gasteiger partial charge in [0.25, 0.3) is 0 Å². The minimum absolute atomic E-state index is 0.336. The number of carbonyl (C=O) groups is 1. The summed E-state index contributed by atoms with van der Waals surface area (Å²) in [5, 5.41) is 6.47. The number of esters is 1. The standard InChI is InChI=1S/C18H24N4O2/c1-5-24-18(23)14-8-6-7-9-15(14)22-17-10-16(19-11-12(2)3)20-13(4)21-17/h6-10,12H,5,11H2,1-4H3,(H2,19,20,21,22). The summed E-state index contributed by atoms with van der Waals surface area (Å²) >= 11 is 0. The molecule has 128 valence electrons. The summed E-state index contributed by atoms with van der Waals surface area (Å²) in [4.78, 5) is 20.8. The Kier molecular flexibility index (Phi) is 6.12. The highest BCUT2D eigenvalue weighted by atomic mass is 16.5. The molecule has 0 unspecified atom stereocenters. The molecule has 2 aromatic rings. The van der Waals surface area contributed by atoms with Gasteiger partial charge in [-0.2, -0.15) is 0 Å². The molecule has 0 saturated carbocycles. The zero-order valence-corrected chi connectivity index (χ0v) is 14.6. The van der Waals surface area contributed by atoms with Crippen molar-refractivity contribution in [3.8, 4) is 0 Å². The van der Waals surface area contributed by atoms with E-state index in [1.807, 2.05) is 25.1 Å². The molecule has 1 aromatic heterocycles. The molecule has 0 amide bonds. The second-order valence-electron chi connectivity index (χ2n) is 5.85. The molecule has 0 radical (unpaired) electrons. The topological polar surface area (TPSA) is 76.1 Å². The number of ether oxygens (including phenoxy) is 1. The first kappa shape index (κ1) is 17.7. The van der Waals surface area contributed by atoms with Gasteiger partial charge in [0.15, 0.2) is 0 Å². The van der Waals surface area contributed by atoms with Gasteiger partial charge < -0.3 is 15.4 Å². The Bertz CT molecular complexity index is 701. The maximum atomic E-state index is 12.1. The lowest BCUT2D eigenvalue weighted by atomic mass is 10.2. The summed E-state index contributed by atoms with van der Waals surface area (Å²) in [7, 11) is 0. The highest BCUT2D eigenvalue weighted by molar-refractivity contribution is 5.96. The van der Waals surface area contributed by atoms with Crippen LogP contribution in [0.1, 0.15) is 37.0 Å². The smallest absolute Gasteiger partial charge is 0.340 e. The first-order chi connectivity index (χ1) is 11.5. The molecular weight excluding hydrogens is 304 g/mol. The Morgan fingerprint density at radius 2 is 1.92 bits per heavy atom. The van der Waals surface area contributed by atoms with Crippen LogP contribution in [0, 0.1) is 12.8 Å². The van der Waals surface area contributed by atoms with Gasteiger partial charge in [-0.1, -0.05) is 26.0 Å². The van der Waals surface area contributed by atoms with E-state index in [4.69, 9.17) is 4.74 Å². The number of hydrogen-bond acceptors (Lipinski definition) is 6. The second kappa shape index (κ2) is 8.29. The number of rotatable bonds is 7. The minimum Gasteiger partial charge on any atom is -0.462 e. The van der Waals surface area contributed by atoms with E-state index in [0.29, 0.717) is 35.4 Å². The van der Waals surface area contributed by atoms with Gasteiger partial charge in [-0.15, -0.1) is 0 Å². The summed E-state index contributed by atoms with van der Waals surface area (Å²) in [5.74, 6) is 2.20. The molecule has 0 fully saturated rings. The number of benzene rings is 1. The second-order valence-corrected chi connectivity index (χ2v) is 5.85. The van der Waals surface area contributed by atoms with Crippen LogP contribution in [-0.4, -0.2) is 29.1 Å². The third-order valence-electron chi connectivity index (χ3n) is 3.21. The summed E-state index contributed by atoms with van der Waals surface area (Å²) in [6.45, 7) is 9.06. The monoisotopic (exact) mass is 328 g/mol. The van der Waals surface area contributed by atoms with Gasteiger partial charge in [0.1, 0.15) is 17.5 Å². The fourth-order valence-corrected chi connectivity index (χ4v) is 2.15. The first-order valence-electron chi connectivity index (χ1n) is 8.12. The molecule has 0 saturated heterocycles. The van der Waals surface area contributed by atoms with E-state index < -0.39 is 0 Å². The minimum atomic E-state index is -0.357. The predicted octanol–water partition coefficient (Wildman–Crippen LogP) is 3.77. The number of nitrogens with one attached hydrogen (secondary N) is 2. The summed E-state index contributed by atoms with van der Waals surface area (Å²) in [5.41, 5.74) is 1.14. The number of para-hydroxylation sites is 1. The lowest BCUT2D eigenvalue weighted by Gasteiger charge is -2.13. The van der Waals surface area contributed by atoms with Crippen molar-refractivity contribution in [1.82, 2.24) is 9.97 Å². The van der Waals surface area contributed by atoms with Crippen LogP contribution in [0.25, 0.3) is 0 Å². The van der Waals surface area contributed by atoms with Crippen LogP contribution in [-0.2, 0) is 4.74 Å². The molecule has 0 bridgehead atoms. The summed E-state index contributed by atoms with van der Waals surface area (Å²) in [6, 6.07) is 9.05. The zero-order chi connectivity index (χ0) is 17.5. The summed E-state index contributed by atoms with van der Waals surface area (Å²) < 4.78 is 5.09. The van der Waals surface area contributed by atoms with Crippen LogP contribution in [0.5, 0.6) is 0 Å². The first-order valence-corrected chi connectivity index (χ1v) is 8.12. The van der Waals surface area contributed by atoms with Crippen molar-refractivity contribution in [1.29, 1.82) is 0 Å². The zero-order valence-electron chi connectivity index (χ0n) is 14.6. The van der Waals surface area contributed by atoms with E-state index in [1.54, 1.807) is 19.1 Å². The molecule has 2 rings (SSSR count). The van der Waals surface area contributed by atoms with Crippen LogP contribution in [0.4, 0.5) is 17.3 Å². The van der Waals surface area contributed by atoms with E-state index in [1.165, 1.54) is 0 Å². The van der Waals surface area contributed by atoms with E-state index in [2.05, 4.69) is 34.4 Å². The van der Waals surface area contributed by atoms with E-state index >= 15 is 0 Å². The van der Waals surface area contributed by atoms with E-state index in [9.17, 15) is 4.79 Å². The number of carbonyl (C=O) groups excluding carboxylic acids is 1. The fraction of sp³-hybridized carbons (Fsp3) is 0.389. The van der Waals surface area contributed by atoms with Gasteiger partial charge in [-0.25, -0.2) is 14.8 Å². The SMILES string of the molecule is CCOC(=O)c1ccccc1Nc1cc(NCC(C)C)nc(C)n1. The molecule has 2 N–H and O–H groups in total. The average molecular weight is 328 g/mol. The maximum absolute atomic E-state index is 12.1. The third kappa shape index (κ3) is 4.94. The normalized spacial score (nSPS) is 10.5. The molecule has 1 heterocycles. The van der Waals surface area contributed by atoms with Crippen LogP contribution < -0.4 is 10.6 Å². The number of aromatic nitrogens is 2. The van der Waals surface area contributed by atoms with Crippen LogP contribution in [0.15, 0.2) is 30.3 Å². The predicted molar refractivity (Wildman–Crippen MR) is 95.8 cm³/mol. The Hall–Kier alpha value is -2.63. The molecule has 1 aromatic carbocycles. The van der Waals surface area contributed by atoms with Crippen molar-refractivity contribution in [2.45, 2.75) is 27.7 Å². The average Bonchev–Trinajstić information content (AvgIpc) is 2.53. The van der Waals surface area contributed by atoms with E-state index in [-0.39, 0.29) is 5.97 Å². The van der Waals surface area contributed by atoms with Crippen molar-refractivity contribution < 1.29 is 9.53 Å². The van der Waals surface area contributed by atoms with Crippen molar-refractivity contribution in [2.24, 2.45) is 5.92 Å². The molecule has 0 aliphatic heterocycles. The number of aryl methyl sites for hydroxylation is 1. The maximum Gasteiger partial charge on any atom is 0.340 e. The molecule has 6 heteroatoms. The van der Waals surface area contributed by atoms with Crippen molar-refractivity contribution in [3.63, 3.8) is 0 Å². The Morgan fingerprint density at radius 3 is 2.62 bits per heavy atom. The fourth-order valence-electron chi connectivity index (χ4n) is 2.15.